The van der Waals surface area contributed by atoms with Crippen LogP contribution in [0.1, 0.15) is 78.1 Å². The largest absolute Gasteiger partial charge is 0.389 e. The van der Waals surface area contributed by atoms with Crippen LogP contribution in [0.4, 0.5) is 0 Å². The van der Waals surface area contributed by atoms with Crippen molar-refractivity contribution in [3.63, 3.8) is 0 Å². The standard InChI is InChI=1S/C17H32O/c1-3-5-7-9-10-12-14-16-17(18)15-13-11-8-6-4-2/h10,12,14,16-18H,3-9,11,13,15H2,1-2H3/t17-/m0/s1. The van der Waals surface area contributed by atoms with Crippen molar-refractivity contribution in [1.29, 1.82) is 0 Å². The molecule has 0 radical (unpaired) electrons. The Bertz CT molecular complexity index is 206. The Hall–Kier alpha value is -0.560. The predicted octanol–water partition coefficient (Wildman–Crippen LogP) is 5.40. The third kappa shape index (κ3) is 13.5. The molecule has 18 heavy (non-hydrogen) atoms. The van der Waals surface area contributed by atoms with Gasteiger partial charge in [-0.05, 0) is 19.3 Å². The van der Waals surface area contributed by atoms with Crippen LogP contribution in [0, 0.1) is 0 Å². The van der Waals surface area contributed by atoms with E-state index in [-0.39, 0.29) is 6.10 Å². The van der Waals surface area contributed by atoms with E-state index in [1.54, 1.807) is 0 Å². The van der Waals surface area contributed by atoms with Crippen molar-refractivity contribution in [2.75, 3.05) is 0 Å². The quantitative estimate of drug-likeness (QED) is 0.364. The molecule has 1 atom stereocenters. The molecule has 0 aromatic heterocycles. The fraction of sp³-hybridized carbons (Fsp3) is 0.765. The fourth-order valence-corrected chi connectivity index (χ4v) is 1.93. The zero-order valence-electron chi connectivity index (χ0n) is 12.4. The van der Waals surface area contributed by atoms with Gasteiger partial charge < -0.3 is 5.11 Å². The molecule has 0 spiro atoms. The minimum atomic E-state index is -0.257. The van der Waals surface area contributed by atoms with Crippen LogP contribution in [-0.4, -0.2) is 11.2 Å². The van der Waals surface area contributed by atoms with E-state index in [1.165, 1.54) is 44.9 Å². The number of aliphatic hydroxyl groups is 1. The SMILES string of the molecule is CCCCCC=CC=C[C@@H](O)CCCCCCC. The molecule has 0 amide bonds. The van der Waals surface area contributed by atoms with Crippen LogP contribution in [0.2, 0.25) is 0 Å². The van der Waals surface area contributed by atoms with E-state index in [9.17, 15) is 5.11 Å². The number of hydrogen-bond acceptors (Lipinski definition) is 1. The first-order chi connectivity index (χ1) is 8.81. The summed E-state index contributed by atoms with van der Waals surface area (Å²) in [4.78, 5) is 0. The van der Waals surface area contributed by atoms with Crippen molar-refractivity contribution in [2.24, 2.45) is 0 Å². The number of rotatable bonds is 12. The molecule has 0 aliphatic rings. The summed E-state index contributed by atoms with van der Waals surface area (Å²) in [6, 6.07) is 0. The summed E-state index contributed by atoms with van der Waals surface area (Å²) >= 11 is 0. The second-order valence-electron chi connectivity index (χ2n) is 5.08. The van der Waals surface area contributed by atoms with Crippen LogP contribution in [0.25, 0.3) is 0 Å². The maximum atomic E-state index is 9.73. The second kappa shape index (κ2) is 14.5. The highest BCUT2D eigenvalue weighted by atomic mass is 16.3. The molecule has 0 aliphatic heterocycles. The van der Waals surface area contributed by atoms with Crippen LogP contribution in [-0.2, 0) is 0 Å². The van der Waals surface area contributed by atoms with E-state index in [1.807, 2.05) is 12.2 Å². The van der Waals surface area contributed by atoms with Crippen molar-refractivity contribution in [1.82, 2.24) is 0 Å². The lowest BCUT2D eigenvalue weighted by molar-refractivity contribution is 0.208. The minimum Gasteiger partial charge on any atom is -0.389 e. The minimum absolute atomic E-state index is 0.257. The Morgan fingerprint density at radius 2 is 1.50 bits per heavy atom. The molecule has 0 unspecified atom stereocenters. The van der Waals surface area contributed by atoms with Gasteiger partial charge in [-0.1, -0.05) is 83.1 Å². The Kier molecular flexibility index (Phi) is 14.0. The molecule has 1 nitrogen and oxygen atoms in total. The summed E-state index contributed by atoms with van der Waals surface area (Å²) in [7, 11) is 0. The van der Waals surface area contributed by atoms with Crippen molar-refractivity contribution < 1.29 is 5.11 Å². The number of allylic oxidation sites excluding steroid dienone is 3. The highest BCUT2D eigenvalue weighted by Gasteiger charge is 1.97. The summed E-state index contributed by atoms with van der Waals surface area (Å²) in [6.07, 6.45) is 20.2. The molecule has 0 aliphatic carbocycles. The lowest BCUT2D eigenvalue weighted by Crippen LogP contribution is -2.01. The first kappa shape index (κ1) is 17.4. The van der Waals surface area contributed by atoms with E-state index in [0.29, 0.717) is 0 Å². The molecular weight excluding hydrogens is 220 g/mol. The Morgan fingerprint density at radius 3 is 2.22 bits per heavy atom. The number of aliphatic hydroxyl groups excluding tert-OH is 1. The maximum Gasteiger partial charge on any atom is 0.0723 e. The van der Waals surface area contributed by atoms with E-state index >= 15 is 0 Å². The zero-order valence-corrected chi connectivity index (χ0v) is 12.4. The van der Waals surface area contributed by atoms with Crippen molar-refractivity contribution in [3.8, 4) is 0 Å². The van der Waals surface area contributed by atoms with Gasteiger partial charge in [-0.3, -0.25) is 0 Å². The maximum absolute atomic E-state index is 9.73. The van der Waals surface area contributed by atoms with Crippen LogP contribution < -0.4 is 0 Å². The van der Waals surface area contributed by atoms with E-state index < -0.39 is 0 Å². The topological polar surface area (TPSA) is 20.2 Å². The Morgan fingerprint density at radius 1 is 0.833 bits per heavy atom. The normalized spacial score (nSPS) is 13.7. The molecule has 1 N–H and O–H groups in total. The first-order valence-corrected chi connectivity index (χ1v) is 7.82. The van der Waals surface area contributed by atoms with E-state index in [2.05, 4.69) is 26.0 Å². The molecule has 0 rings (SSSR count). The first-order valence-electron chi connectivity index (χ1n) is 7.82. The van der Waals surface area contributed by atoms with Crippen molar-refractivity contribution >= 4 is 0 Å². The molecule has 0 aromatic rings. The summed E-state index contributed by atoms with van der Waals surface area (Å²) in [5.74, 6) is 0. The lowest BCUT2D eigenvalue weighted by atomic mass is 10.1. The predicted molar refractivity (Wildman–Crippen MR) is 81.8 cm³/mol. The van der Waals surface area contributed by atoms with Gasteiger partial charge >= 0.3 is 0 Å². The van der Waals surface area contributed by atoms with Crippen LogP contribution in [0.3, 0.4) is 0 Å². The summed E-state index contributed by atoms with van der Waals surface area (Å²) < 4.78 is 0. The third-order valence-electron chi connectivity index (χ3n) is 3.16. The van der Waals surface area contributed by atoms with Crippen LogP contribution in [0.15, 0.2) is 24.3 Å². The molecule has 0 saturated carbocycles. The van der Waals surface area contributed by atoms with Gasteiger partial charge in [-0.25, -0.2) is 0 Å². The molecule has 0 bridgehead atoms. The van der Waals surface area contributed by atoms with Gasteiger partial charge in [0, 0.05) is 0 Å². The molecule has 0 heterocycles. The molecule has 0 fully saturated rings. The van der Waals surface area contributed by atoms with E-state index in [0.717, 1.165) is 19.3 Å². The summed E-state index contributed by atoms with van der Waals surface area (Å²) in [6.45, 7) is 4.45. The van der Waals surface area contributed by atoms with Gasteiger partial charge in [0.25, 0.3) is 0 Å². The third-order valence-corrected chi connectivity index (χ3v) is 3.16. The average Bonchev–Trinajstić information content (AvgIpc) is 2.37. The van der Waals surface area contributed by atoms with Gasteiger partial charge in [-0.2, -0.15) is 0 Å². The van der Waals surface area contributed by atoms with Crippen molar-refractivity contribution in [3.05, 3.63) is 24.3 Å². The van der Waals surface area contributed by atoms with Gasteiger partial charge in [0.2, 0.25) is 0 Å². The Labute approximate surface area is 114 Å². The van der Waals surface area contributed by atoms with Crippen LogP contribution >= 0.6 is 0 Å². The van der Waals surface area contributed by atoms with Crippen LogP contribution in [0.5, 0.6) is 0 Å². The second-order valence-corrected chi connectivity index (χ2v) is 5.08. The molecule has 0 aromatic carbocycles. The molecule has 1 heteroatoms. The van der Waals surface area contributed by atoms with Gasteiger partial charge in [0.15, 0.2) is 0 Å². The van der Waals surface area contributed by atoms with Gasteiger partial charge in [-0.15, -0.1) is 0 Å². The van der Waals surface area contributed by atoms with E-state index in [4.69, 9.17) is 0 Å². The fourth-order valence-electron chi connectivity index (χ4n) is 1.93. The lowest BCUT2D eigenvalue weighted by Gasteiger charge is -2.04. The Balaban J connectivity index is 3.40. The zero-order chi connectivity index (χ0) is 13.5. The monoisotopic (exact) mass is 252 g/mol. The summed E-state index contributed by atoms with van der Waals surface area (Å²) in [5.41, 5.74) is 0. The van der Waals surface area contributed by atoms with Gasteiger partial charge in [0.1, 0.15) is 0 Å². The number of unbranched alkanes of at least 4 members (excludes halogenated alkanes) is 7. The van der Waals surface area contributed by atoms with Crippen molar-refractivity contribution in [2.45, 2.75) is 84.2 Å². The molecular formula is C17H32O. The summed E-state index contributed by atoms with van der Waals surface area (Å²) in [5, 5.41) is 9.73. The smallest absolute Gasteiger partial charge is 0.0723 e. The number of hydrogen-bond donors (Lipinski definition) is 1. The molecule has 0 saturated heterocycles. The average molecular weight is 252 g/mol. The highest BCUT2D eigenvalue weighted by Crippen LogP contribution is 2.08. The van der Waals surface area contributed by atoms with Gasteiger partial charge in [0.05, 0.1) is 6.10 Å². The highest BCUT2D eigenvalue weighted by molar-refractivity contribution is 5.04. The molecule has 106 valence electrons.